The van der Waals surface area contributed by atoms with Crippen LogP contribution < -0.4 is 0 Å². The maximum atomic E-state index is 11.3. The lowest BCUT2D eigenvalue weighted by Gasteiger charge is -2.04. The Morgan fingerprint density at radius 3 is 2.79 bits per heavy atom. The first-order valence-corrected chi connectivity index (χ1v) is 5.44. The van der Waals surface area contributed by atoms with Crippen LogP contribution in [0.5, 0.6) is 0 Å². The number of methoxy groups -OCH3 is 1. The molecule has 3 nitrogen and oxygen atoms in total. The second-order valence-electron chi connectivity index (χ2n) is 2.42. The summed E-state index contributed by atoms with van der Waals surface area (Å²) in [6, 6.07) is 5.17. The third-order valence-corrected chi connectivity index (χ3v) is 4.01. The lowest BCUT2D eigenvalue weighted by Crippen LogP contribution is -2.03. The van der Waals surface area contributed by atoms with E-state index in [1.807, 2.05) is 28.7 Å². The molecule has 0 spiro atoms. The maximum Gasteiger partial charge on any atom is 0.339 e. The van der Waals surface area contributed by atoms with Crippen molar-refractivity contribution in [1.29, 1.82) is 5.26 Å². The summed E-state index contributed by atoms with van der Waals surface area (Å²) in [6.07, 6.45) is 0. The Balaban J connectivity index is 3.36. The zero-order valence-electron chi connectivity index (χ0n) is 7.17. The molecule has 5 heteroatoms. The van der Waals surface area contributed by atoms with Crippen molar-refractivity contribution in [3.63, 3.8) is 0 Å². The van der Waals surface area contributed by atoms with Crippen molar-refractivity contribution in [1.82, 2.24) is 0 Å². The zero-order chi connectivity index (χ0) is 10.7. The van der Waals surface area contributed by atoms with Crippen molar-refractivity contribution in [3.8, 4) is 6.07 Å². The van der Waals surface area contributed by atoms with Gasteiger partial charge < -0.3 is 4.74 Å². The minimum atomic E-state index is -0.452. The predicted molar refractivity (Wildman–Crippen MR) is 62.9 cm³/mol. The van der Waals surface area contributed by atoms with Crippen LogP contribution in [0.4, 0.5) is 0 Å². The van der Waals surface area contributed by atoms with Gasteiger partial charge in [-0.2, -0.15) is 5.26 Å². The van der Waals surface area contributed by atoms with Gasteiger partial charge in [0.15, 0.2) is 0 Å². The SMILES string of the molecule is COC(=O)c1cc(C#N)cc(I)c1Br. The summed E-state index contributed by atoms with van der Waals surface area (Å²) in [5.41, 5.74) is 0.814. The number of benzene rings is 1. The van der Waals surface area contributed by atoms with Gasteiger partial charge in [-0.05, 0) is 50.7 Å². The molecule has 72 valence electrons. The van der Waals surface area contributed by atoms with E-state index in [0.717, 1.165) is 3.57 Å². The molecule has 0 aliphatic carbocycles. The summed E-state index contributed by atoms with van der Waals surface area (Å²) in [6.45, 7) is 0. The second-order valence-corrected chi connectivity index (χ2v) is 4.38. The molecule has 0 amide bonds. The van der Waals surface area contributed by atoms with Gasteiger partial charge in [-0.3, -0.25) is 0 Å². The highest BCUT2D eigenvalue weighted by Crippen LogP contribution is 2.25. The standard InChI is InChI=1S/C9H5BrINO2/c1-14-9(13)6-2-5(4-12)3-7(11)8(6)10/h2-3H,1H3. The lowest BCUT2D eigenvalue weighted by molar-refractivity contribution is 0.0599. The largest absolute Gasteiger partial charge is 0.465 e. The first-order valence-electron chi connectivity index (χ1n) is 3.57. The Labute approximate surface area is 103 Å². The van der Waals surface area contributed by atoms with Crippen LogP contribution in [0.25, 0.3) is 0 Å². The molecule has 0 aliphatic heterocycles. The molecule has 0 aliphatic rings. The van der Waals surface area contributed by atoms with Gasteiger partial charge in [-0.15, -0.1) is 0 Å². The van der Waals surface area contributed by atoms with E-state index in [1.165, 1.54) is 13.2 Å². The fraction of sp³-hybridized carbons (Fsp3) is 0.111. The van der Waals surface area contributed by atoms with Crippen LogP contribution in [0.15, 0.2) is 16.6 Å². The molecule has 0 saturated heterocycles. The molecule has 0 bridgehead atoms. The normalized spacial score (nSPS) is 9.29. The van der Waals surface area contributed by atoms with Gasteiger partial charge >= 0.3 is 5.97 Å². The number of hydrogen-bond donors (Lipinski definition) is 0. The van der Waals surface area contributed by atoms with Gasteiger partial charge in [0.2, 0.25) is 0 Å². The monoisotopic (exact) mass is 365 g/mol. The summed E-state index contributed by atoms with van der Waals surface area (Å²) < 4.78 is 6.05. The van der Waals surface area contributed by atoms with Crippen molar-refractivity contribution in [3.05, 3.63) is 31.3 Å². The van der Waals surface area contributed by atoms with E-state index in [0.29, 0.717) is 15.6 Å². The van der Waals surface area contributed by atoms with Gasteiger partial charge in [0, 0.05) is 8.04 Å². The number of nitrogens with zero attached hydrogens (tertiary/aromatic N) is 1. The minimum Gasteiger partial charge on any atom is -0.465 e. The van der Waals surface area contributed by atoms with Gasteiger partial charge in [0.25, 0.3) is 0 Å². The van der Waals surface area contributed by atoms with Crippen LogP contribution >= 0.6 is 38.5 Å². The van der Waals surface area contributed by atoms with Crippen LogP contribution in [0.1, 0.15) is 15.9 Å². The number of carbonyl (C=O) groups excluding carboxylic acids is 1. The molecule has 0 radical (unpaired) electrons. The summed E-state index contributed by atoms with van der Waals surface area (Å²) in [4.78, 5) is 11.3. The molecule has 0 fully saturated rings. The smallest absolute Gasteiger partial charge is 0.339 e. The summed E-state index contributed by atoms with van der Waals surface area (Å²) in [7, 11) is 1.31. The first kappa shape index (κ1) is 11.5. The van der Waals surface area contributed by atoms with Crippen molar-refractivity contribution >= 4 is 44.5 Å². The van der Waals surface area contributed by atoms with Crippen molar-refractivity contribution in [2.75, 3.05) is 7.11 Å². The number of rotatable bonds is 1. The average Bonchev–Trinajstić information content (AvgIpc) is 2.20. The summed E-state index contributed by atoms with van der Waals surface area (Å²) in [5, 5.41) is 8.71. The maximum absolute atomic E-state index is 11.3. The van der Waals surface area contributed by atoms with Crippen LogP contribution in [0.2, 0.25) is 0 Å². The van der Waals surface area contributed by atoms with E-state index < -0.39 is 5.97 Å². The fourth-order valence-corrected chi connectivity index (χ4v) is 1.93. The van der Waals surface area contributed by atoms with Crippen molar-refractivity contribution in [2.24, 2.45) is 0 Å². The highest BCUT2D eigenvalue weighted by Gasteiger charge is 2.14. The van der Waals surface area contributed by atoms with Gasteiger partial charge in [-0.25, -0.2) is 4.79 Å². The van der Waals surface area contributed by atoms with Gasteiger partial charge in [0.1, 0.15) is 0 Å². The van der Waals surface area contributed by atoms with E-state index in [-0.39, 0.29) is 0 Å². The number of carbonyl (C=O) groups is 1. The van der Waals surface area contributed by atoms with Crippen LogP contribution in [-0.4, -0.2) is 13.1 Å². The van der Waals surface area contributed by atoms with E-state index in [1.54, 1.807) is 6.07 Å². The second kappa shape index (κ2) is 4.75. The zero-order valence-corrected chi connectivity index (χ0v) is 10.9. The Morgan fingerprint density at radius 1 is 1.64 bits per heavy atom. The fourth-order valence-electron chi connectivity index (χ4n) is 0.912. The topological polar surface area (TPSA) is 50.1 Å². The number of nitriles is 1. The molecular weight excluding hydrogens is 361 g/mol. The van der Waals surface area contributed by atoms with Crippen LogP contribution in [0.3, 0.4) is 0 Å². The molecule has 1 aromatic rings. The molecule has 0 saturated carbocycles. The summed E-state index contributed by atoms with van der Waals surface area (Å²) in [5.74, 6) is -0.452. The number of hydrogen-bond acceptors (Lipinski definition) is 3. The quantitative estimate of drug-likeness (QED) is 0.568. The average molecular weight is 366 g/mol. The molecule has 0 aromatic heterocycles. The molecular formula is C9H5BrINO2. The van der Waals surface area contributed by atoms with Crippen LogP contribution in [-0.2, 0) is 4.74 Å². The Bertz CT molecular complexity index is 426. The predicted octanol–water partition coefficient (Wildman–Crippen LogP) is 2.71. The number of esters is 1. The first-order chi connectivity index (χ1) is 6.60. The molecule has 0 unspecified atom stereocenters. The van der Waals surface area contributed by atoms with E-state index in [9.17, 15) is 4.79 Å². The molecule has 0 N–H and O–H groups in total. The molecule has 0 atom stereocenters. The third-order valence-electron chi connectivity index (χ3n) is 1.56. The van der Waals surface area contributed by atoms with Crippen molar-refractivity contribution in [2.45, 2.75) is 0 Å². The molecule has 0 heterocycles. The Morgan fingerprint density at radius 2 is 2.29 bits per heavy atom. The number of ether oxygens (including phenoxy) is 1. The molecule has 1 aromatic carbocycles. The van der Waals surface area contributed by atoms with E-state index in [2.05, 4.69) is 20.7 Å². The van der Waals surface area contributed by atoms with Gasteiger partial charge in [0.05, 0.1) is 24.3 Å². The van der Waals surface area contributed by atoms with E-state index in [4.69, 9.17) is 5.26 Å². The van der Waals surface area contributed by atoms with E-state index >= 15 is 0 Å². The highest BCUT2D eigenvalue weighted by atomic mass is 127. The Kier molecular flexibility index (Phi) is 3.89. The lowest BCUT2D eigenvalue weighted by atomic mass is 10.1. The minimum absolute atomic E-state index is 0.371. The highest BCUT2D eigenvalue weighted by molar-refractivity contribution is 14.1. The third kappa shape index (κ3) is 2.25. The molecule has 14 heavy (non-hydrogen) atoms. The number of halogens is 2. The van der Waals surface area contributed by atoms with Crippen LogP contribution in [0, 0.1) is 14.9 Å². The van der Waals surface area contributed by atoms with Gasteiger partial charge in [-0.1, -0.05) is 0 Å². The van der Waals surface area contributed by atoms with Crippen molar-refractivity contribution < 1.29 is 9.53 Å². The Hall–Kier alpha value is -0.610. The molecule has 1 rings (SSSR count). The summed E-state index contributed by atoms with van der Waals surface area (Å²) >= 11 is 5.31.